The van der Waals surface area contributed by atoms with Gasteiger partial charge in [0.15, 0.2) is 0 Å². The van der Waals surface area contributed by atoms with Crippen molar-refractivity contribution >= 4 is 0 Å². The zero-order valence-corrected chi connectivity index (χ0v) is 10.2. The molecule has 4 nitrogen and oxygen atoms in total. The fraction of sp³-hybridized carbons (Fsp3) is 0.583. The number of hydrogen-bond donors (Lipinski definition) is 1. The molecule has 0 aliphatic carbocycles. The summed E-state index contributed by atoms with van der Waals surface area (Å²) in [5, 5.41) is 0. The van der Waals surface area contributed by atoms with Crippen LogP contribution < -0.4 is 10.5 Å². The molecule has 0 amide bonds. The van der Waals surface area contributed by atoms with E-state index in [0.717, 1.165) is 17.7 Å². The minimum absolute atomic E-state index is 0.157. The van der Waals surface area contributed by atoms with Crippen LogP contribution >= 0.6 is 0 Å². The van der Waals surface area contributed by atoms with Gasteiger partial charge in [-0.15, -0.1) is 0 Å². The molecule has 0 saturated carbocycles. The Morgan fingerprint density at radius 1 is 1.44 bits per heavy atom. The molecule has 0 aliphatic heterocycles. The van der Waals surface area contributed by atoms with E-state index in [-0.39, 0.29) is 5.60 Å². The molecule has 16 heavy (non-hydrogen) atoms. The summed E-state index contributed by atoms with van der Waals surface area (Å²) in [4.78, 5) is 4.00. The summed E-state index contributed by atoms with van der Waals surface area (Å²) >= 11 is 0. The Morgan fingerprint density at radius 2 is 2.19 bits per heavy atom. The maximum atomic E-state index is 5.67. The van der Waals surface area contributed by atoms with E-state index in [1.165, 1.54) is 0 Å². The first-order valence-corrected chi connectivity index (χ1v) is 5.40. The number of nitrogens with zero attached hydrogens (tertiary/aromatic N) is 1. The first-order chi connectivity index (χ1) is 7.59. The molecule has 0 bridgehead atoms. The van der Waals surface area contributed by atoms with Crippen molar-refractivity contribution in [2.75, 3.05) is 13.7 Å². The topological polar surface area (TPSA) is 57.4 Å². The molecular formula is C12H20N2O2. The lowest BCUT2D eigenvalue weighted by atomic mass is 10.1. The highest BCUT2D eigenvalue weighted by Crippen LogP contribution is 2.18. The molecule has 2 N–H and O–H groups in total. The molecule has 0 fully saturated rings. The number of hydrogen-bond acceptors (Lipinski definition) is 4. The number of pyridine rings is 1. The van der Waals surface area contributed by atoms with E-state index in [0.29, 0.717) is 13.2 Å². The maximum absolute atomic E-state index is 5.67. The van der Waals surface area contributed by atoms with Crippen molar-refractivity contribution in [1.82, 2.24) is 4.98 Å². The second kappa shape index (κ2) is 5.82. The van der Waals surface area contributed by atoms with Crippen LogP contribution in [0.4, 0.5) is 0 Å². The van der Waals surface area contributed by atoms with Crippen LogP contribution in [0.3, 0.4) is 0 Å². The molecule has 0 atom stereocenters. The summed E-state index contributed by atoms with van der Waals surface area (Å²) < 4.78 is 11.0. The van der Waals surface area contributed by atoms with E-state index in [1.807, 2.05) is 19.9 Å². The van der Waals surface area contributed by atoms with Crippen molar-refractivity contribution in [2.24, 2.45) is 5.73 Å². The van der Waals surface area contributed by atoms with Crippen molar-refractivity contribution in [3.05, 3.63) is 24.0 Å². The predicted octanol–water partition coefficient (Wildman–Crippen LogP) is 1.73. The van der Waals surface area contributed by atoms with E-state index in [4.69, 9.17) is 15.2 Å². The van der Waals surface area contributed by atoms with E-state index < -0.39 is 0 Å². The van der Waals surface area contributed by atoms with Gasteiger partial charge in [0.25, 0.3) is 0 Å². The highest BCUT2D eigenvalue weighted by Gasteiger charge is 2.16. The molecule has 0 radical (unpaired) electrons. The molecule has 1 aromatic heterocycles. The number of aromatic nitrogens is 1. The molecule has 0 aliphatic rings. The van der Waals surface area contributed by atoms with Gasteiger partial charge in [-0.2, -0.15) is 0 Å². The summed E-state index contributed by atoms with van der Waals surface area (Å²) in [7, 11) is 1.71. The summed E-state index contributed by atoms with van der Waals surface area (Å²) in [6.07, 6.45) is 4.27. The fourth-order valence-electron chi connectivity index (χ4n) is 1.22. The summed E-state index contributed by atoms with van der Waals surface area (Å²) in [6.45, 7) is 5.12. The highest BCUT2D eigenvalue weighted by molar-refractivity contribution is 5.29. The van der Waals surface area contributed by atoms with Gasteiger partial charge < -0.3 is 15.2 Å². The molecule has 1 aromatic rings. The third-order valence-electron chi connectivity index (χ3n) is 2.59. The van der Waals surface area contributed by atoms with Crippen LogP contribution in [0, 0.1) is 0 Å². The van der Waals surface area contributed by atoms with Crippen molar-refractivity contribution in [2.45, 2.75) is 32.4 Å². The lowest BCUT2D eigenvalue weighted by molar-refractivity contribution is 0.00537. The fourth-order valence-corrected chi connectivity index (χ4v) is 1.22. The third-order valence-corrected chi connectivity index (χ3v) is 2.59. The van der Waals surface area contributed by atoms with Gasteiger partial charge in [0.05, 0.1) is 12.2 Å². The van der Waals surface area contributed by atoms with Crippen molar-refractivity contribution in [3.63, 3.8) is 0 Å². The van der Waals surface area contributed by atoms with Crippen LogP contribution in [0.5, 0.6) is 5.75 Å². The standard InChI is InChI=1S/C12H20N2O2/c1-12(2,15-3)5-7-16-11-4-6-14-9-10(11)8-13/h4,6,9H,5,7-8,13H2,1-3H3. The van der Waals surface area contributed by atoms with Crippen molar-refractivity contribution in [1.29, 1.82) is 0 Å². The van der Waals surface area contributed by atoms with Crippen molar-refractivity contribution in [3.8, 4) is 5.75 Å². The number of rotatable bonds is 6. The second-order valence-electron chi connectivity index (χ2n) is 4.25. The van der Waals surface area contributed by atoms with Gasteiger partial charge in [0, 0.05) is 38.0 Å². The van der Waals surface area contributed by atoms with Gasteiger partial charge in [-0.25, -0.2) is 0 Å². The highest BCUT2D eigenvalue weighted by atomic mass is 16.5. The lowest BCUT2D eigenvalue weighted by Crippen LogP contribution is -2.25. The van der Waals surface area contributed by atoms with E-state index in [9.17, 15) is 0 Å². The van der Waals surface area contributed by atoms with E-state index >= 15 is 0 Å². The Hall–Kier alpha value is -1.13. The van der Waals surface area contributed by atoms with Gasteiger partial charge in [-0.3, -0.25) is 4.98 Å². The van der Waals surface area contributed by atoms with Crippen LogP contribution in [0.1, 0.15) is 25.8 Å². The van der Waals surface area contributed by atoms with Crippen molar-refractivity contribution < 1.29 is 9.47 Å². The van der Waals surface area contributed by atoms with Crippen LogP contribution in [0.15, 0.2) is 18.5 Å². The zero-order chi connectivity index (χ0) is 12.0. The van der Waals surface area contributed by atoms with Gasteiger partial charge in [-0.05, 0) is 19.9 Å². The first-order valence-electron chi connectivity index (χ1n) is 5.40. The zero-order valence-electron chi connectivity index (χ0n) is 10.2. The minimum Gasteiger partial charge on any atom is -0.493 e. The number of methoxy groups -OCH3 is 1. The average molecular weight is 224 g/mol. The monoisotopic (exact) mass is 224 g/mol. The molecule has 0 unspecified atom stereocenters. The molecule has 1 rings (SSSR count). The molecule has 4 heteroatoms. The van der Waals surface area contributed by atoms with Crippen LogP contribution in [-0.2, 0) is 11.3 Å². The van der Waals surface area contributed by atoms with Crippen LogP contribution in [0.25, 0.3) is 0 Å². The van der Waals surface area contributed by atoms with Gasteiger partial charge in [0.1, 0.15) is 5.75 Å². The molecule has 0 spiro atoms. The van der Waals surface area contributed by atoms with E-state index in [2.05, 4.69) is 4.98 Å². The molecule has 0 aromatic carbocycles. The summed E-state index contributed by atoms with van der Waals surface area (Å²) in [5.41, 5.74) is 6.36. The Kier molecular flexibility index (Phi) is 4.71. The minimum atomic E-state index is -0.157. The summed E-state index contributed by atoms with van der Waals surface area (Å²) in [6, 6.07) is 1.84. The largest absolute Gasteiger partial charge is 0.493 e. The third kappa shape index (κ3) is 3.79. The average Bonchev–Trinajstić information content (AvgIpc) is 2.29. The molecule has 0 saturated heterocycles. The van der Waals surface area contributed by atoms with E-state index in [1.54, 1.807) is 19.5 Å². The summed E-state index contributed by atoms with van der Waals surface area (Å²) in [5.74, 6) is 0.810. The Labute approximate surface area is 96.8 Å². The quantitative estimate of drug-likeness (QED) is 0.799. The second-order valence-corrected chi connectivity index (χ2v) is 4.25. The normalized spacial score (nSPS) is 11.5. The SMILES string of the molecule is COC(C)(C)CCOc1ccncc1CN. The molecule has 1 heterocycles. The predicted molar refractivity (Wildman–Crippen MR) is 63.3 cm³/mol. The Balaban J connectivity index is 2.49. The molecular weight excluding hydrogens is 204 g/mol. The number of ether oxygens (including phenoxy) is 2. The smallest absolute Gasteiger partial charge is 0.126 e. The van der Waals surface area contributed by atoms with Gasteiger partial charge in [0.2, 0.25) is 0 Å². The lowest BCUT2D eigenvalue weighted by Gasteiger charge is -2.22. The van der Waals surface area contributed by atoms with Crippen LogP contribution in [-0.4, -0.2) is 24.3 Å². The van der Waals surface area contributed by atoms with Gasteiger partial charge >= 0.3 is 0 Å². The molecule has 90 valence electrons. The Bertz CT molecular complexity index is 327. The maximum Gasteiger partial charge on any atom is 0.126 e. The Morgan fingerprint density at radius 3 is 2.81 bits per heavy atom. The first kappa shape index (κ1) is 12.9. The van der Waals surface area contributed by atoms with Gasteiger partial charge in [-0.1, -0.05) is 0 Å². The number of nitrogens with two attached hydrogens (primary N) is 1. The van der Waals surface area contributed by atoms with Crippen LogP contribution in [0.2, 0.25) is 0 Å².